The van der Waals surface area contributed by atoms with Gasteiger partial charge in [0.2, 0.25) is 5.13 Å². The number of aryl methyl sites for hydroxylation is 1. The van der Waals surface area contributed by atoms with Gasteiger partial charge in [0.15, 0.2) is 0 Å². The van der Waals surface area contributed by atoms with Gasteiger partial charge in [-0.3, -0.25) is 0 Å². The van der Waals surface area contributed by atoms with Gasteiger partial charge in [0.1, 0.15) is 10.8 Å². The highest BCUT2D eigenvalue weighted by atomic mass is 32.1. The van der Waals surface area contributed by atoms with Crippen LogP contribution in [0.15, 0.2) is 12.4 Å². The molecule has 2 aromatic heterocycles. The van der Waals surface area contributed by atoms with Gasteiger partial charge >= 0.3 is 0 Å². The lowest BCUT2D eigenvalue weighted by Gasteiger charge is -2.15. The zero-order chi connectivity index (χ0) is 13.3. The van der Waals surface area contributed by atoms with Crippen LogP contribution in [0.1, 0.15) is 31.6 Å². The van der Waals surface area contributed by atoms with Crippen LogP contribution in [0.3, 0.4) is 0 Å². The molecule has 0 radical (unpaired) electrons. The second-order valence-corrected chi connectivity index (χ2v) is 6.41. The Morgan fingerprint density at radius 1 is 1.33 bits per heavy atom. The molecule has 0 saturated carbocycles. The maximum Gasteiger partial charge on any atom is 0.208 e. The van der Waals surface area contributed by atoms with Crippen LogP contribution in [0.2, 0.25) is 0 Å². The number of imidazole rings is 1. The summed E-state index contributed by atoms with van der Waals surface area (Å²) in [6.45, 7) is 7.18. The average Bonchev–Trinajstić information content (AvgIpc) is 2.87. The van der Waals surface area contributed by atoms with Gasteiger partial charge in [0, 0.05) is 31.9 Å². The third-order valence-corrected chi connectivity index (χ3v) is 4.15. The molecule has 2 rings (SSSR count). The summed E-state index contributed by atoms with van der Waals surface area (Å²) in [4.78, 5) is 6.39. The van der Waals surface area contributed by atoms with Crippen LogP contribution in [-0.2, 0) is 19.0 Å². The molecule has 2 aromatic rings. The van der Waals surface area contributed by atoms with Crippen LogP contribution in [0.25, 0.3) is 0 Å². The molecular weight excluding hydrogens is 246 g/mol. The molecule has 2 heterocycles. The van der Waals surface area contributed by atoms with E-state index in [4.69, 9.17) is 0 Å². The number of nitrogens with zero attached hydrogens (tertiary/aromatic N) is 5. The predicted molar refractivity (Wildman–Crippen MR) is 73.9 cm³/mol. The van der Waals surface area contributed by atoms with Crippen molar-refractivity contribution in [3.8, 4) is 0 Å². The first-order valence-electron chi connectivity index (χ1n) is 5.89. The molecule has 0 fully saturated rings. The second-order valence-electron chi connectivity index (χ2n) is 5.45. The minimum atomic E-state index is 0.0555. The van der Waals surface area contributed by atoms with Crippen LogP contribution >= 0.6 is 11.3 Å². The van der Waals surface area contributed by atoms with Crippen molar-refractivity contribution in [3.63, 3.8) is 0 Å². The van der Waals surface area contributed by atoms with Gasteiger partial charge < -0.3 is 9.47 Å². The van der Waals surface area contributed by atoms with E-state index < -0.39 is 0 Å². The number of anilines is 1. The molecule has 6 heteroatoms. The van der Waals surface area contributed by atoms with Crippen LogP contribution in [0.5, 0.6) is 0 Å². The summed E-state index contributed by atoms with van der Waals surface area (Å²) in [5.41, 5.74) is 0.0555. The first-order chi connectivity index (χ1) is 8.38. The number of rotatable bonds is 3. The topological polar surface area (TPSA) is 46.8 Å². The summed E-state index contributed by atoms with van der Waals surface area (Å²) >= 11 is 1.64. The lowest BCUT2D eigenvalue weighted by atomic mass is 9.98. The highest BCUT2D eigenvalue weighted by Crippen LogP contribution is 2.29. The smallest absolute Gasteiger partial charge is 0.208 e. The van der Waals surface area contributed by atoms with Crippen LogP contribution < -0.4 is 4.90 Å². The van der Waals surface area contributed by atoms with Gasteiger partial charge in [-0.05, 0) is 0 Å². The minimum Gasteiger partial charge on any atom is -0.342 e. The zero-order valence-electron chi connectivity index (χ0n) is 11.5. The lowest BCUT2D eigenvalue weighted by Crippen LogP contribution is -2.18. The Hall–Kier alpha value is -1.43. The summed E-state index contributed by atoms with van der Waals surface area (Å²) in [5, 5.41) is 10.5. The predicted octanol–water partition coefficient (Wildman–Crippen LogP) is 2.21. The minimum absolute atomic E-state index is 0.0555. The van der Waals surface area contributed by atoms with Crippen LogP contribution in [0, 0.1) is 0 Å². The summed E-state index contributed by atoms with van der Waals surface area (Å²) < 4.78 is 2.02. The van der Waals surface area contributed by atoms with E-state index in [1.54, 1.807) is 11.3 Å². The number of aromatic nitrogens is 4. The third-order valence-electron chi connectivity index (χ3n) is 2.68. The average molecular weight is 265 g/mol. The fourth-order valence-electron chi connectivity index (χ4n) is 1.50. The first kappa shape index (κ1) is 13.0. The fraction of sp³-hybridized carbons (Fsp3) is 0.583. The van der Waals surface area contributed by atoms with E-state index in [1.165, 1.54) is 0 Å². The van der Waals surface area contributed by atoms with E-state index in [1.807, 2.05) is 31.1 Å². The van der Waals surface area contributed by atoms with Crippen LogP contribution in [-0.4, -0.2) is 26.8 Å². The van der Waals surface area contributed by atoms with E-state index in [0.717, 1.165) is 22.5 Å². The van der Waals surface area contributed by atoms with Crippen molar-refractivity contribution in [3.05, 3.63) is 23.2 Å². The maximum absolute atomic E-state index is 4.31. The quantitative estimate of drug-likeness (QED) is 0.853. The van der Waals surface area contributed by atoms with Gasteiger partial charge in [-0.1, -0.05) is 32.1 Å². The number of hydrogen-bond donors (Lipinski definition) is 0. The SMILES string of the molecule is CN(Cc1nccn1C)c1nnc(C(C)(C)C)s1. The Bertz CT molecular complexity index is 523. The maximum atomic E-state index is 4.31. The fourth-order valence-corrected chi connectivity index (χ4v) is 2.36. The van der Waals surface area contributed by atoms with E-state index in [0.29, 0.717) is 0 Å². The molecule has 0 aliphatic rings. The molecule has 5 nitrogen and oxygen atoms in total. The van der Waals surface area contributed by atoms with E-state index in [2.05, 4.69) is 40.9 Å². The first-order valence-corrected chi connectivity index (χ1v) is 6.71. The molecule has 0 aromatic carbocycles. The van der Waals surface area contributed by atoms with Gasteiger partial charge in [-0.2, -0.15) is 0 Å². The monoisotopic (exact) mass is 265 g/mol. The van der Waals surface area contributed by atoms with Crippen molar-refractivity contribution in [1.82, 2.24) is 19.7 Å². The molecule has 0 spiro atoms. The van der Waals surface area contributed by atoms with Crippen molar-refractivity contribution in [2.24, 2.45) is 7.05 Å². The Kier molecular flexibility index (Phi) is 3.38. The van der Waals surface area contributed by atoms with Crippen molar-refractivity contribution in [2.45, 2.75) is 32.7 Å². The lowest BCUT2D eigenvalue weighted by molar-refractivity contribution is 0.578. The molecule has 18 heavy (non-hydrogen) atoms. The van der Waals surface area contributed by atoms with Crippen molar-refractivity contribution >= 4 is 16.5 Å². The van der Waals surface area contributed by atoms with E-state index >= 15 is 0 Å². The third kappa shape index (κ3) is 2.69. The highest BCUT2D eigenvalue weighted by Gasteiger charge is 2.20. The largest absolute Gasteiger partial charge is 0.342 e. The summed E-state index contributed by atoms with van der Waals surface area (Å²) in [7, 11) is 4.01. The normalized spacial score (nSPS) is 11.8. The van der Waals surface area contributed by atoms with Crippen molar-refractivity contribution in [2.75, 3.05) is 11.9 Å². The van der Waals surface area contributed by atoms with Crippen LogP contribution in [0.4, 0.5) is 5.13 Å². The molecule has 98 valence electrons. The van der Waals surface area contributed by atoms with Crippen molar-refractivity contribution < 1.29 is 0 Å². The molecule has 0 bridgehead atoms. The molecule has 0 unspecified atom stereocenters. The standard InChI is InChI=1S/C12H19N5S/c1-12(2,3)10-14-15-11(18-10)17(5)8-9-13-6-7-16(9)4/h6-7H,8H2,1-5H3. The van der Waals surface area contributed by atoms with Crippen molar-refractivity contribution in [1.29, 1.82) is 0 Å². The molecule has 0 amide bonds. The molecule has 0 aliphatic heterocycles. The zero-order valence-corrected chi connectivity index (χ0v) is 12.3. The molecule has 0 saturated heterocycles. The number of hydrogen-bond acceptors (Lipinski definition) is 5. The molecule has 0 N–H and O–H groups in total. The Morgan fingerprint density at radius 3 is 2.56 bits per heavy atom. The Morgan fingerprint density at radius 2 is 2.06 bits per heavy atom. The summed E-state index contributed by atoms with van der Waals surface area (Å²) in [5.74, 6) is 1.02. The highest BCUT2D eigenvalue weighted by molar-refractivity contribution is 7.15. The summed E-state index contributed by atoms with van der Waals surface area (Å²) in [6, 6.07) is 0. The van der Waals surface area contributed by atoms with Gasteiger partial charge in [-0.25, -0.2) is 4.98 Å². The molecular formula is C12H19N5S. The Labute approximate surface area is 111 Å². The molecule has 0 atom stereocenters. The Balaban J connectivity index is 2.12. The van der Waals surface area contributed by atoms with Gasteiger partial charge in [0.05, 0.1) is 6.54 Å². The van der Waals surface area contributed by atoms with Gasteiger partial charge in [0.25, 0.3) is 0 Å². The summed E-state index contributed by atoms with van der Waals surface area (Å²) in [6.07, 6.45) is 3.76. The van der Waals surface area contributed by atoms with Gasteiger partial charge in [-0.15, -0.1) is 10.2 Å². The van der Waals surface area contributed by atoms with E-state index in [9.17, 15) is 0 Å². The molecule has 0 aliphatic carbocycles. The van der Waals surface area contributed by atoms with E-state index in [-0.39, 0.29) is 5.41 Å². The second kappa shape index (κ2) is 4.68.